The Kier molecular flexibility index (Phi) is 6.64. The number of Topliss-reactive ketones (excluding diaryl/α,β-unsaturated/α-hetero) is 1. The van der Waals surface area contributed by atoms with Crippen molar-refractivity contribution >= 4 is 33.7 Å². The number of halogens is 1. The molecule has 2 rings (SSSR count). The number of hydrogen-bond acceptors (Lipinski definition) is 4. The Labute approximate surface area is 157 Å². The van der Waals surface area contributed by atoms with Gasteiger partial charge in [-0.25, -0.2) is 0 Å². The summed E-state index contributed by atoms with van der Waals surface area (Å²) in [5, 5.41) is 0. The normalized spacial score (nSPS) is 19.0. The number of nitrogens with zero attached hydrogens (tertiary/aromatic N) is 1. The smallest absolute Gasteiger partial charge is 0.259 e. The Morgan fingerprint density at radius 1 is 1.40 bits per heavy atom. The number of carbonyl (C=O) groups excluding carboxylic acids is 2. The molecule has 0 radical (unpaired) electrons. The standard InChI is InChI=1S/C19H24BrNO4/c1-12-6-5-7-14(18(12)23)8-13-9-15(20)19(16(10-13)24-4)25-11-17(22)21(2)3/h8-10,12H,5-7,11H2,1-4H3/b14-8+/t12-/m1/s1. The van der Waals surface area contributed by atoms with Crippen LogP contribution in [-0.4, -0.2) is 44.4 Å². The predicted octanol–water partition coefficient (Wildman–Crippen LogP) is 3.70. The maximum Gasteiger partial charge on any atom is 0.259 e. The van der Waals surface area contributed by atoms with Crippen molar-refractivity contribution in [3.05, 3.63) is 27.7 Å². The van der Waals surface area contributed by atoms with Gasteiger partial charge >= 0.3 is 0 Å². The first-order valence-corrected chi connectivity index (χ1v) is 9.08. The molecule has 1 fully saturated rings. The number of ketones is 1. The highest BCUT2D eigenvalue weighted by Gasteiger charge is 2.22. The quantitative estimate of drug-likeness (QED) is 0.695. The van der Waals surface area contributed by atoms with Crippen molar-refractivity contribution in [2.75, 3.05) is 27.8 Å². The van der Waals surface area contributed by atoms with Crippen LogP contribution in [0, 0.1) is 5.92 Å². The molecule has 0 aromatic heterocycles. The van der Waals surface area contributed by atoms with E-state index < -0.39 is 0 Å². The summed E-state index contributed by atoms with van der Waals surface area (Å²) in [6.07, 6.45) is 4.71. The van der Waals surface area contributed by atoms with E-state index in [1.807, 2.05) is 25.1 Å². The highest BCUT2D eigenvalue weighted by atomic mass is 79.9. The SMILES string of the molecule is COc1cc(/C=C2\CCC[C@@H](C)C2=O)cc(Br)c1OCC(=O)N(C)C. The van der Waals surface area contributed by atoms with Crippen LogP contribution in [0.1, 0.15) is 31.7 Å². The Hall–Kier alpha value is -1.82. The highest BCUT2D eigenvalue weighted by Crippen LogP contribution is 2.38. The molecule has 0 spiro atoms. The van der Waals surface area contributed by atoms with Crippen molar-refractivity contribution in [1.29, 1.82) is 0 Å². The summed E-state index contributed by atoms with van der Waals surface area (Å²) in [6.45, 7) is 1.91. The van der Waals surface area contributed by atoms with Gasteiger partial charge in [-0.3, -0.25) is 9.59 Å². The lowest BCUT2D eigenvalue weighted by Gasteiger charge is -2.19. The Morgan fingerprint density at radius 3 is 2.76 bits per heavy atom. The fraction of sp³-hybridized carbons (Fsp3) is 0.474. The fourth-order valence-electron chi connectivity index (χ4n) is 2.74. The number of ether oxygens (including phenoxy) is 2. The summed E-state index contributed by atoms with van der Waals surface area (Å²) >= 11 is 3.47. The third-order valence-corrected chi connectivity index (χ3v) is 4.87. The molecular weight excluding hydrogens is 386 g/mol. The van der Waals surface area contributed by atoms with Crippen LogP contribution >= 0.6 is 15.9 Å². The van der Waals surface area contributed by atoms with Gasteiger partial charge in [0.15, 0.2) is 23.9 Å². The van der Waals surface area contributed by atoms with Gasteiger partial charge < -0.3 is 14.4 Å². The summed E-state index contributed by atoms with van der Waals surface area (Å²) in [6, 6.07) is 3.69. The van der Waals surface area contributed by atoms with Gasteiger partial charge in [-0.05, 0) is 64.5 Å². The largest absolute Gasteiger partial charge is 0.493 e. The molecule has 0 aliphatic heterocycles. The van der Waals surface area contributed by atoms with Gasteiger partial charge in [0.2, 0.25) is 0 Å². The molecular formula is C19H24BrNO4. The number of amides is 1. The lowest BCUT2D eigenvalue weighted by atomic mass is 9.84. The van der Waals surface area contributed by atoms with E-state index >= 15 is 0 Å². The van der Waals surface area contributed by atoms with Crippen LogP contribution in [-0.2, 0) is 9.59 Å². The first-order valence-electron chi connectivity index (χ1n) is 8.28. The molecule has 0 saturated heterocycles. The number of hydrogen-bond donors (Lipinski definition) is 0. The van der Waals surface area contributed by atoms with Crippen molar-refractivity contribution < 1.29 is 19.1 Å². The maximum atomic E-state index is 12.3. The van der Waals surface area contributed by atoms with E-state index in [0.29, 0.717) is 16.0 Å². The van der Waals surface area contributed by atoms with Crippen molar-refractivity contribution in [1.82, 2.24) is 4.90 Å². The van der Waals surface area contributed by atoms with Crippen LogP contribution in [0.15, 0.2) is 22.2 Å². The second kappa shape index (κ2) is 8.52. The molecule has 1 amide bonds. The number of likely N-dealkylation sites (N-methyl/N-ethyl adjacent to an activating group) is 1. The molecule has 1 aliphatic carbocycles. The van der Waals surface area contributed by atoms with E-state index in [2.05, 4.69) is 15.9 Å². The third-order valence-electron chi connectivity index (χ3n) is 4.28. The molecule has 1 aromatic rings. The van der Waals surface area contributed by atoms with Crippen molar-refractivity contribution in [3.8, 4) is 11.5 Å². The lowest BCUT2D eigenvalue weighted by molar-refractivity contribution is -0.130. The van der Waals surface area contributed by atoms with E-state index in [9.17, 15) is 9.59 Å². The molecule has 0 heterocycles. The summed E-state index contributed by atoms with van der Waals surface area (Å²) in [5.41, 5.74) is 1.72. The van der Waals surface area contributed by atoms with Crippen LogP contribution in [0.25, 0.3) is 6.08 Å². The number of methoxy groups -OCH3 is 1. The number of carbonyl (C=O) groups is 2. The number of allylic oxidation sites excluding steroid dienone is 1. The monoisotopic (exact) mass is 409 g/mol. The van der Waals surface area contributed by atoms with Crippen LogP contribution in [0.5, 0.6) is 11.5 Å². The highest BCUT2D eigenvalue weighted by molar-refractivity contribution is 9.10. The molecule has 6 heteroatoms. The van der Waals surface area contributed by atoms with Crippen LogP contribution in [0.4, 0.5) is 0 Å². The van der Waals surface area contributed by atoms with Gasteiger partial charge in [0.05, 0.1) is 11.6 Å². The van der Waals surface area contributed by atoms with Gasteiger partial charge in [-0.1, -0.05) is 6.92 Å². The molecule has 0 bridgehead atoms. The molecule has 0 unspecified atom stereocenters. The molecule has 1 aromatic carbocycles. The number of rotatable bonds is 5. The van der Waals surface area contributed by atoms with Crippen molar-refractivity contribution in [3.63, 3.8) is 0 Å². The molecule has 1 aliphatic rings. The zero-order valence-corrected chi connectivity index (χ0v) is 16.7. The Bertz CT molecular complexity index is 697. The Morgan fingerprint density at radius 2 is 2.12 bits per heavy atom. The zero-order chi connectivity index (χ0) is 18.6. The molecule has 136 valence electrons. The second-order valence-electron chi connectivity index (χ2n) is 6.44. The van der Waals surface area contributed by atoms with Crippen molar-refractivity contribution in [2.24, 2.45) is 5.92 Å². The summed E-state index contributed by atoms with van der Waals surface area (Å²) in [7, 11) is 4.90. The van der Waals surface area contributed by atoms with Gasteiger partial charge in [0.1, 0.15) is 0 Å². The minimum atomic E-state index is -0.137. The molecule has 1 saturated carbocycles. The van der Waals surface area contributed by atoms with Gasteiger partial charge in [0.25, 0.3) is 5.91 Å². The van der Waals surface area contributed by atoms with E-state index in [0.717, 1.165) is 30.4 Å². The summed E-state index contributed by atoms with van der Waals surface area (Å²) in [4.78, 5) is 25.5. The first-order chi connectivity index (χ1) is 11.8. The van der Waals surface area contributed by atoms with E-state index in [1.165, 1.54) is 4.90 Å². The van der Waals surface area contributed by atoms with E-state index in [4.69, 9.17) is 9.47 Å². The topological polar surface area (TPSA) is 55.8 Å². The minimum Gasteiger partial charge on any atom is -0.493 e. The zero-order valence-electron chi connectivity index (χ0n) is 15.1. The first kappa shape index (κ1) is 19.5. The van der Waals surface area contributed by atoms with Gasteiger partial charge in [-0.2, -0.15) is 0 Å². The van der Waals surface area contributed by atoms with E-state index in [1.54, 1.807) is 21.2 Å². The van der Waals surface area contributed by atoms with Crippen molar-refractivity contribution in [2.45, 2.75) is 26.2 Å². The molecule has 0 N–H and O–H groups in total. The summed E-state index contributed by atoms with van der Waals surface area (Å²) in [5.74, 6) is 1.16. The van der Waals surface area contributed by atoms with Crippen LogP contribution in [0.2, 0.25) is 0 Å². The lowest BCUT2D eigenvalue weighted by Crippen LogP contribution is -2.27. The molecule has 25 heavy (non-hydrogen) atoms. The van der Waals surface area contributed by atoms with E-state index in [-0.39, 0.29) is 24.2 Å². The average Bonchev–Trinajstić information content (AvgIpc) is 2.57. The summed E-state index contributed by atoms with van der Waals surface area (Å²) < 4.78 is 11.7. The number of benzene rings is 1. The molecule has 1 atom stereocenters. The Balaban J connectivity index is 2.26. The van der Waals surface area contributed by atoms with Crippen LogP contribution in [0.3, 0.4) is 0 Å². The van der Waals surface area contributed by atoms with Gasteiger partial charge in [-0.15, -0.1) is 0 Å². The minimum absolute atomic E-state index is 0.0710. The molecule has 5 nitrogen and oxygen atoms in total. The fourth-order valence-corrected chi connectivity index (χ4v) is 3.31. The maximum absolute atomic E-state index is 12.3. The van der Waals surface area contributed by atoms with Crippen LogP contribution < -0.4 is 9.47 Å². The third kappa shape index (κ3) is 4.84. The second-order valence-corrected chi connectivity index (χ2v) is 7.29. The average molecular weight is 410 g/mol. The van der Waals surface area contributed by atoms with Gasteiger partial charge in [0, 0.05) is 20.0 Å². The predicted molar refractivity (Wildman–Crippen MR) is 101 cm³/mol.